The van der Waals surface area contributed by atoms with Crippen LogP contribution in [0, 0.1) is 11.6 Å². The fraction of sp³-hybridized carbons (Fsp3) is 0.294. The summed E-state index contributed by atoms with van der Waals surface area (Å²) in [4.78, 5) is 0. The summed E-state index contributed by atoms with van der Waals surface area (Å²) >= 11 is 0. The van der Waals surface area contributed by atoms with Crippen molar-refractivity contribution < 1.29 is 13.9 Å². The molecule has 0 saturated carbocycles. The summed E-state index contributed by atoms with van der Waals surface area (Å²) in [5, 5.41) is 12.8. The van der Waals surface area contributed by atoms with E-state index >= 15 is 0 Å². The molecule has 0 bridgehead atoms. The van der Waals surface area contributed by atoms with E-state index < -0.39 is 11.6 Å². The molecular formula is C17H19F2NO. The van der Waals surface area contributed by atoms with E-state index in [1.807, 2.05) is 13.0 Å². The SMILES string of the molecule is CCNC(Cc1cccc(O)c1)Cc1cc(F)cc(F)c1. The number of nitrogens with one attached hydrogen (secondary N) is 1. The van der Waals surface area contributed by atoms with Gasteiger partial charge in [0, 0.05) is 12.1 Å². The van der Waals surface area contributed by atoms with Crippen molar-refractivity contribution in [1.29, 1.82) is 0 Å². The van der Waals surface area contributed by atoms with E-state index in [9.17, 15) is 13.9 Å². The van der Waals surface area contributed by atoms with Crippen molar-refractivity contribution in [3.8, 4) is 5.75 Å². The topological polar surface area (TPSA) is 32.3 Å². The van der Waals surface area contributed by atoms with Crippen molar-refractivity contribution in [2.45, 2.75) is 25.8 Å². The Morgan fingerprint density at radius 2 is 1.67 bits per heavy atom. The third-order valence-electron chi connectivity index (χ3n) is 3.29. The number of halogens is 2. The highest BCUT2D eigenvalue weighted by Crippen LogP contribution is 2.16. The molecule has 0 aliphatic heterocycles. The first-order valence-corrected chi connectivity index (χ1v) is 7.03. The average Bonchev–Trinajstić information content (AvgIpc) is 2.37. The molecule has 0 radical (unpaired) electrons. The molecule has 0 aliphatic rings. The zero-order valence-electron chi connectivity index (χ0n) is 11.9. The van der Waals surface area contributed by atoms with E-state index in [1.165, 1.54) is 12.1 Å². The van der Waals surface area contributed by atoms with Gasteiger partial charge >= 0.3 is 0 Å². The molecule has 0 fully saturated rings. The number of likely N-dealkylation sites (N-methyl/N-ethyl adjacent to an activating group) is 1. The Morgan fingerprint density at radius 1 is 1.00 bits per heavy atom. The largest absolute Gasteiger partial charge is 0.508 e. The fourth-order valence-corrected chi connectivity index (χ4v) is 2.49. The molecule has 2 N–H and O–H groups in total. The monoisotopic (exact) mass is 291 g/mol. The Morgan fingerprint density at radius 3 is 2.29 bits per heavy atom. The molecule has 2 nitrogen and oxygen atoms in total. The van der Waals surface area contributed by atoms with E-state index in [1.54, 1.807) is 18.2 Å². The molecule has 112 valence electrons. The lowest BCUT2D eigenvalue weighted by molar-refractivity contribution is 0.472. The lowest BCUT2D eigenvalue weighted by Gasteiger charge is -2.18. The lowest BCUT2D eigenvalue weighted by atomic mass is 9.98. The summed E-state index contributed by atoms with van der Waals surface area (Å²) < 4.78 is 26.5. The smallest absolute Gasteiger partial charge is 0.126 e. The summed E-state index contributed by atoms with van der Waals surface area (Å²) in [6.07, 6.45) is 1.21. The minimum absolute atomic E-state index is 0.0537. The van der Waals surface area contributed by atoms with Gasteiger partial charge in [0.05, 0.1) is 0 Å². The van der Waals surface area contributed by atoms with Crippen LogP contribution < -0.4 is 5.32 Å². The van der Waals surface area contributed by atoms with Crippen molar-refractivity contribution in [3.05, 3.63) is 65.2 Å². The van der Waals surface area contributed by atoms with Crippen LogP contribution in [0.1, 0.15) is 18.1 Å². The quantitative estimate of drug-likeness (QED) is 0.854. The Hall–Kier alpha value is -1.94. The summed E-state index contributed by atoms with van der Waals surface area (Å²) in [5.74, 6) is -0.894. The van der Waals surface area contributed by atoms with Crippen LogP contribution >= 0.6 is 0 Å². The van der Waals surface area contributed by atoms with Crippen LogP contribution in [0.4, 0.5) is 8.78 Å². The van der Waals surface area contributed by atoms with E-state index in [0.29, 0.717) is 18.4 Å². The molecule has 0 saturated heterocycles. The molecular weight excluding hydrogens is 272 g/mol. The van der Waals surface area contributed by atoms with Crippen LogP contribution in [0.3, 0.4) is 0 Å². The minimum Gasteiger partial charge on any atom is -0.508 e. The van der Waals surface area contributed by atoms with E-state index in [4.69, 9.17) is 0 Å². The van der Waals surface area contributed by atoms with Crippen molar-refractivity contribution in [2.24, 2.45) is 0 Å². The lowest BCUT2D eigenvalue weighted by Crippen LogP contribution is -2.33. The van der Waals surface area contributed by atoms with Crippen molar-refractivity contribution in [3.63, 3.8) is 0 Å². The van der Waals surface area contributed by atoms with Gasteiger partial charge in [0.15, 0.2) is 0 Å². The van der Waals surface area contributed by atoms with Gasteiger partial charge in [0.2, 0.25) is 0 Å². The molecule has 2 rings (SSSR count). The van der Waals surface area contributed by atoms with Crippen LogP contribution in [-0.2, 0) is 12.8 Å². The number of phenolic OH excluding ortho intramolecular Hbond substituents is 1. The number of rotatable bonds is 6. The van der Waals surface area contributed by atoms with Crippen molar-refractivity contribution in [2.75, 3.05) is 6.54 Å². The highest BCUT2D eigenvalue weighted by Gasteiger charge is 2.11. The highest BCUT2D eigenvalue weighted by molar-refractivity contribution is 5.28. The maximum atomic E-state index is 13.3. The molecule has 0 heterocycles. The molecule has 0 aliphatic carbocycles. The zero-order valence-corrected chi connectivity index (χ0v) is 11.9. The van der Waals surface area contributed by atoms with Crippen molar-refractivity contribution >= 4 is 0 Å². The maximum absolute atomic E-state index is 13.3. The number of benzene rings is 2. The van der Waals surface area contributed by atoms with Gasteiger partial charge in [0.25, 0.3) is 0 Å². The molecule has 1 atom stereocenters. The third kappa shape index (κ3) is 4.83. The normalized spacial score (nSPS) is 12.3. The standard InChI is InChI=1S/C17H19F2NO/c1-2-20-16(8-12-4-3-5-17(21)10-12)9-13-6-14(18)11-15(19)7-13/h3-7,10-11,16,20-21H,2,8-9H2,1H3. The Kier molecular flexibility index (Phi) is 5.28. The number of hydrogen-bond donors (Lipinski definition) is 2. The second kappa shape index (κ2) is 7.18. The summed E-state index contributed by atoms with van der Waals surface area (Å²) in [5.41, 5.74) is 1.61. The summed E-state index contributed by atoms with van der Waals surface area (Å²) in [7, 11) is 0. The first kappa shape index (κ1) is 15.4. The van der Waals surface area contributed by atoms with Gasteiger partial charge in [0.1, 0.15) is 17.4 Å². The van der Waals surface area contributed by atoms with Gasteiger partial charge in [-0.2, -0.15) is 0 Å². The summed E-state index contributed by atoms with van der Waals surface area (Å²) in [6.45, 7) is 2.75. The average molecular weight is 291 g/mol. The Labute approximate surface area is 123 Å². The van der Waals surface area contributed by atoms with E-state index in [2.05, 4.69) is 5.32 Å². The number of phenols is 1. The molecule has 0 aromatic heterocycles. The molecule has 21 heavy (non-hydrogen) atoms. The Balaban J connectivity index is 2.11. The second-order valence-corrected chi connectivity index (χ2v) is 5.11. The van der Waals surface area contributed by atoms with Gasteiger partial charge in [-0.3, -0.25) is 0 Å². The van der Waals surface area contributed by atoms with Gasteiger partial charge in [-0.25, -0.2) is 8.78 Å². The fourth-order valence-electron chi connectivity index (χ4n) is 2.49. The first-order chi connectivity index (χ1) is 10.1. The Bertz CT molecular complexity index is 581. The zero-order chi connectivity index (χ0) is 15.2. The van der Waals surface area contributed by atoms with Crippen LogP contribution in [-0.4, -0.2) is 17.7 Å². The van der Waals surface area contributed by atoms with Crippen LogP contribution in [0.2, 0.25) is 0 Å². The summed E-state index contributed by atoms with van der Waals surface area (Å²) in [6, 6.07) is 10.7. The molecule has 4 heteroatoms. The molecule has 2 aromatic carbocycles. The molecule has 0 amide bonds. The number of hydrogen-bond acceptors (Lipinski definition) is 2. The first-order valence-electron chi connectivity index (χ1n) is 7.03. The second-order valence-electron chi connectivity index (χ2n) is 5.11. The van der Waals surface area contributed by atoms with Crippen molar-refractivity contribution in [1.82, 2.24) is 5.32 Å². The predicted octanol–water partition coefficient (Wildman–Crippen LogP) is 3.43. The maximum Gasteiger partial charge on any atom is 0.126 e. The van der Waals surface area contributed by atoms with E-state index in [-0.39, 0.29) is 11.8 Å². The van der Waals surface area contributed by atoms with E-state index in [0.717, 1.165) is 18.2 Å². The van der Waals surface area contributed by atoms with Gasteiger partial charge in [-0.05, 0) is 54.8 Å². The molecule has 1 unspecified atom stereocenters. The third-order valence-corrected chi connectivity index (χ3v) is 3.29. The minimum atomic E-state index is -0.558. The molecule has 0 spiro atoms. The van der Waals surface area contributed by atoms with Gasteiger partial charge in [-0.15, -0.1) is 0 Å². The van der Waals surface area contributed by atoms with Crippen LogP contribution in [0.5, 0.6) is 5.75 Å². The highest BCUT2D eigenvalue weighted by atomic mass is 19.1. The molecule has 2 aromatic rings. The van der Waals surface area contributed by atoms with Gasteiger partial charge < -0.3 is 10.4 Å². The van der Waals surface area contributed by atoms with Crippen LogP contribution in [0.15, 0.2) is 42.5 Å². The van der Waals surface area contributed by atoms with Gasteiger partial charge in [-0.1, -0.05) is 19.1 Å². The number of aromatic hydroxyl groups is 1. The van der Waals surface area contributed by atoms with Crippen LogP contribution in [0.25, 0.3) is 0 Å². The predicted molar refractivity (Wildman–Crippen MR) is 79.3 cm³/mol.